The molecule has 0 bridgehead atoms. The van der Waals surface area contributed by atoms with E-state index in [1.165, 1.54) is 12.7 Å². The highest BCUT2D eigenvalue weighted by molar-refractivity contribution is 4.64. The first kappa shape index (κ1) is 11.4. The van der Waals surface area contributed by atoms with E-state index >= 15 is 0 Å². The monoisotopic (exact) mass is 210 g/mol. The zero-order valence-electron chi connectivity index (χ0n) is 8.30. The molecule has 1 fully saturated rings. The van der Waals surface area contributed by atoms with Gasteiger partial charge < -0.3 is 14.1 Å². The van der Waals surface area contributed by atoms with Gasteiger partial charge in [0.2, 0.25) is 0 Å². The van der Waals surface area contributed by atoms with E-state index < -0.39 is 0 Å². The molecule has 1 aliphatic heterocycles. The summed E-state index contributed by atoms with van der Waals surface area (Å²) >= 11 is 0. The molecule has 0 unspecified atom stereocenters. The lowest BCUT2D eigenvalue weighted by Gasteiger charge is -1.76. The van der Waals surface area contributed by atoms with Crippen molar-refractivity contribution in [3.05, 3.63) is 37.6 Å². The van der Waals surface area contributed by atoms with Crippen molar-refractivity contribution in [3.63, 3.8) is 0 Å². The van der Waals surface area contributed by atoms with Gasteiger partial charge in [0, 0.05) is 18.9 Å². The van der Waals surface area contributed by atoms with Crippen LogP contribution in [0.25, 0.3) is 0 Å². The largest absolute Gasteiger partial charge is 0.452 e. The number of oxazole rings is 1. The molecule has 0 radical (unpaired) electrons. The highest BCUT2D eigenvalue weighted by Gasteiger charge is 1.92. The van der Waals surface area contributed by atoms with Gasteiger partial charge in [-0.25, -0.2) is 9.97 Å². The Morgan fingerprint density at radius 1 is 1.20 bits per heavy atom. The molecule has 1 saturated heterocycles. The van der Waals surface area contributed by atoms with Crippen LogP contribution in [0.2, 0.25) is 0 Å². The van der Waals surface area contributed by atoms with Crippen molar-refractivity contribution in [1.29, 1.82) is 0 Å². The van der Waals surface area contributed by atoms with Crippen LogP contribution in [0.15, 0.2) is 42.0 Å². The Kier molecular flexibility index (Phi) is 6.79. The van der Waals surface area contributed by atoms with Gasteiger partial charge in [0.1, 0.15) is 6.26 Å². The van der Waals surface area contributed by atoms with E-state index in [0.717, 1.165) is 19.9 Å². The number of hydrogen-bond donors (Lipinski definition) is 2. The van der Waals surface area contributed by atoms with Crippen molar-refractivity contribution in [2.75, 3.05) is 19.9 Å². The van der Waals surface area contributed by atoms with Gasteiger partial charge in [-0.05, 0) is 0 Å². The summed E-state index contributed by atoms with van der Waals surface area (Å²) in [5.74, 6) is 0. The summed E-state index contributed by atoms with van der Waals surface area (Å²) in [5, 5.41) is 3.00. The number of rotatable bonds is 0. The van der Waals surface area contributed by atoms with Crippen LogP contribution in [0.5, 0.6) is 0 Å². The van der Waals surface area contributed by atoms with Crippen LogP contribution in [0.1, 0.15) is 0 Å². The van der Waals surface area contributed by atoms with E-state index in [1.54, 1.807) is 24.9 Å². The van der Waals surface area contributed by atoms with E-state index in [9.17, 15) is 0 Å². The van der Waals surface area contributed by atoms with Crippen LogP contribution in [0.4, 0.5) is 0 Å². The second-order valence-corrected chi connectivity index (χ2v) is 2.49. The van der Waals surface area contributed by atoms with Gasteiger partial charge in [0.15, 0.2) is 6.39 Å². The Morgan fingerprint density at radius 2 is 2.20 bits per heavy atom. The zero-order chi connectivity index (χ0) is 10.6. The van der Waals surface area contributed by atoms with Gasteiger partial charge in [-0.2, -0.15) is 0 Å². The quantitative estimate of drug-likeness (QED) is 0.667. The summed E-state index contributed by atoms with van der Waals surface area (Å²) in [7, 11) is 0. The second kappa shape index (κ2) is 8.92. The minimum Gasteiger partial charge on any atom is -0.452 e. The number of hydrogen-bond acceptors (Lipinski definition) is 5. The van der Waals surface area contributed by atoms with Crippen LogP contribution in [0, 0.1) is 0 Å². The summed E-state index contributed by atoms with van der Waals surface area (Å²) in [5.41, 5.74) is 0. The van der Waals surface area contributed by atoms with Crippen LogP contribution in [0.3, 0.4) is 0 Å². The molecule has 0 aromatic carbocycles. The van der Waals surface area contributed by atoms with Crippen molar-refractivity contribution in [2.45, 2.75) is 0 Å². The lowest BCUT2D eigenvalue weighted by molar-refractivity contribution is 0.194. The fraction of sp³-hybridized carbons (Fsp3) is 0.333. The van der Waals surface area contributed by atoms with Gasteiger partial charge in [-0.15, -0.1) is 0 Å². The molecule has 15 heavy (non-hydrogen) atoms. The number of H-pyrrole nitrogens is 1. The van der Waals surface area contributed by atoms with Crippen LogP contribution >= 0.6 is 0 Å². The van der Waals surface area contributed by atoms with E-state index in [4.69, 9.17) is 4.74 Å². The average molecular weight is 210 g/mol. The number of aromatic amines is 1. The molecule has 0 spiro atoms. The van der Waals surface area contributed by atoms with Crippen molar-refractivity contribution in [3.8, 4) is 0 Å². The second-order valence-electron chi connectivity index (χ2n) is 2.49. The summed E-state index contributed by atoms with van der Waals surface area (Å²) in [4.78, 5) is 9.97. The van der Waals surface area contributed by atoms with Crippen molar-refractivity contribution < 1.29 is 9.15 Å². The predicted molar refractivity (Wildman–Crippen MR) is 53.9 cm³/mol. The molecule has 3 heterocycles. The molecule has 2 N–H and O–H groups in total. The van der Waals surface area contributed by atoms with E-state index in [0.29, 0.717) is 0 Å². The Labute approximate surface area is 87.7 Å². The van der Waals surface area contributed by atoms with Crippen LogP contribution in [-0.2, 0) is 4.74 Å². The molecule has 0 aliphatic carbocycles. The Hall–Kier alpha value is -1.66. The fourth-order valence-corrected chi connectivity index (χ4v) is 0.752. The molecule has 82 valence electrons. The van der Waals surface area contributed by atoms with Crippen molar-refractivity contribution in [1.82, 2.24) is 20.3 Å². The van der Waals surface area contributed by atoms with E-state index in [-0.39, 0.29) is 0 Å². The summed E-state index contributed by atoms with van der Waals surface area (Å²) in [6, 6.07) is 0. The average Bonchev–Trinajstić information content (AvgIpc) is 3.09. The van der Waals surface area contributed by atoms with Gasteiger partial charge in [-0.3, -0.25) is 5.32 Å². The highest BCUT2D eigenvalue weighted by Crippen LogP contribution is 1.75. The third-order valence-corrected chi connectivity index (χ3v) is 1.38. The Bertz CT molecular complexity index is 211. The first-order chi connectivity index (χ1) is 7.50. The lowest BCUT2D eigenvalue weighted by atomic mass is 10.7. The molecule has 3 rings (SSSR count). The van der Waals surface area contributed by atoms with Gasteiger partial charge in [0.25, 0.3) is 0 Å². The summed E-state index contributed by atoms with van der Waals surface area (Å²) in [6.07, 6.45) is 9.56. The maximum absolute atomic E-state index is 4.83. The predicted octanol–water partition coefficient (Wildman–Crippen LogP) is 0.648. The first-order valence-corrected chi connectivity index (χ1v) is 4.53. The summed E-state index contributed by atoms with van der Waals surface area (Å²) < 4.78 is 9.31. The molecule has 0 atom stereocenters. The van der Waals surface area contributed by atoms with Gasteiger partial charge in [0.05, 0.1) is 25.9 Å². The molecular weight excluding hydrogens is 196 g/mol. The smallest absolute Gasteiger partial charge is 0.180 e. The zero-order valence-corrected chi connectivity index (χ0v) is 8.30. The maximum atomic E-state index is 4.83. The molecule has 0 amide bonds. The minimum absolute atomic E-state index is 0.750. The van der Waals surface area contributed by atoms with Crippen molar-refractivity contribution >= 4 is 0 Å². The Morgan fingerprint density at radius 3 is 2.40 bits per heavy atom. The van der Waals surface area contributed by atoms with Gasteiger partial charge >= 0.3 is 0 Å². The number of nitrogens with zero attached hydrogens (tertiary/aromatic N) is 2. The maximum Gasteiger partial charge on any atom is 0.180 e. The number of ether oxygens (including phenoxy) is 1. The first-order valence-electron chi connectivity index (χ1n) is 4.53. The molecule has 2 aromatic heterocycles. The number of nitrogens with one attached hydrogen (secondary N) is 2. The minimum atomic E-state index is 0.750. The van der Waals surface area contributed by atoms with E-state index in [2.05, 4.69) is 24.7 Å². The topological polar surface area (TPSA) is 76.0 Å². The Balaban J connectivity index is 0.000000112. The standard InChI is InChI=1S/C3H4N2.C3H7NO.C3H3NO/c3*1-2-5-3-4-1/h1-3H,(H,4,5);4H,1-3H2;1-3H. The fourth-order valence-electron chi connectivity index (χ4n) is 0.752. The molecule has 6 heteroatoms. The SMILES string of the molecule is C1COCN1.c1c[nH]cn1.c1cocn1. The number of aromatic nitrogens is 3. The van der Waals surface area contributed by atoms with E-state index in [1.807, 2.05) is 0 Å². The van der Waals surface area contributed by atoms with Gasteiger partial charge in [-0.1, -0.05) is 0 Å². The lowest BCUT2D eigenvalue weighted by Crippen LogP contribution is -2.05. The normalized spacial score (nSPS) is 13.3. The van der Waals surface area contributed by atoms with Crippen LogP contribution < -0.4 is 5.32 Å². The third kappa shape index (κ3) is 7.41. The molecule has 1 aliphatic rings. The molecule has 0 saturated carbocycles. The third-order valence-electron chi connectivity index (χ3n) is 1.38. The van der Waals surface area contributed by atoms with Crippen LogP contribution in [-0.4, -0.2) is 34.8 Å². The molecule has 6 nitrogen and oxygen atoms in total. The van der Waals surface area contributed by atoms with Crippen molar-refractivity contribution in [2.24, 2.45) is 0 Å². The molecule has 2 aromatic rings. The highest BCUT2D eigenvalue weighted by atomic mass is 16.5. The summed E-state index contributed by atoms with van der Waals surface area (Å²) in [6.45, 7) is 2.67. The number of imidazole rings is 1. The molecular formula is C9H14N4O2.